The van der Waals surface area contributed by atoms with Crippen molar-refractivity contribution in [1.82, 2.24) is 4.72 Å². The van der Waals surface area contributed by atoms with Gasteiger partial charge in [0.2, 0.25) is 10.0 Å². The fraction of sp³-hybridized carbons (Fsp3) is 0.538. The molecule has 4 N–H and O–H groups in total. The van der Waals surface area contributed by atoms with Gasteiger partial charge in [0.15, 0.2) is 0 Å². The maximum absolute atomic E-state index is 11.8. The van der Waals surface area contributed by atoms with Crippen molar-refractivity contribution in [3.8, 4) is 0 Å². The minimum Gasteiger partial charge on any atom is -0.397 e. The molecular formula is C13H21N3O3S. The summed E-state index contributed by atoms with van der Waals surface area (Å²) in [5, 5.41) is 8.99. The first-order chi connectivity index (χ1) is 9.47. The van der Waals surface area contributed by atoms with E-state index in [1.807, 2.05) is 0 Å². The highest BCUT2D eigenvalue weighted by atomic mass is 32.2. The second kappa shape index (κ2) is 5.99. The average Bonchev–Trinajstić information content (AvgIpc) is 2.88. The van der Waals surface area contributed by atoms with Crippen LogP contribution in [-0.4, -0.2) is 40.3 Å². The normalized spacial score (nSPS) is 19.5. The Labute approximate surface area is 119 Å². The van der Waals surface area contributed by atoms with Crippen molar-refractivity contribution in [3.63, 3.8) is 0 Å². The van der Waals surface area contributed by atoms with E-state index in [2.05, 4.69) is 9.62 Å². The molecule has 7 heteroatoms. The summed E-state index contributed by atoms with van der Waals surface area (Å²) < 4.78 is 26.0. The maximum atomic E-state index is 11.8. The van der Waals surface area contributed by atoms with E-state index in [1.54, 1.807) is 12.1 Å². The van der Waals surface area contributed by atoms with Gasteiger partial charge in [-0.2, -0.15) is 0 Å². The van der Waals surface area contributed by atoms with Gasteiger partial charge in [0.05, 0.1) is 16.3 Å². The lowest BCUT2D eigenvalue weighted by Crippen LogP contribution is -2.23. The van der Waals surface area contributed by atoms with E-state index in [9.17, 15) is 8.42 Å². The van der Waals surface area contributed by atoms with Gasteiger partial charge in [0, 0.05) is 19.7 Å². The van der Waals surface area contributed by atoms with E-state index in [-0.39, 0.29) is 11.5 Å². The molecule has 0 amide bonds. The van der Waals surface area contributed by atoms with Crippen molar-refractivity contribution in [2.45, 2.75) is 17.7 Å². The van der Waals surface area contributed by atoms with Crippen molar-refractivity contribution in [1.29, 1.82) is 0 Å². The number of nitrogens with two attached hydrogens (primary N) is 1. The van der Waals surface area contributed by atoms with Crippen molar-refractivity contribution < 1.29 is 13.5 Å². The summed E-state index contributed by atoms with van der Waals surface area (Å²) >= 11 is 0. The largest absolute Gasteiger partial charge is 0.397 e. The molecule has 6 nitrogen and oxygen atoms in total. The third-order valence-corrected chi connectivity index (χ3v) is 5.16. The molecule has 0 saturated carbocycles. The third-order valence-electron chi connectivity index (χ3n) is 3.74. The smallest absolute Gasteiger partial charge is 0.240 e. The molecule has 1 saturated heterocycles. The molecule has 1 unspecified atom stereocenters. The summed E-state index contributed by atoms with van der Waals surface area (Å²) in [6.07, 6.45) is 1.76. The molecule has 0 bridgehead atoms. The van der Waals surface area contributed by atoms with E-state index >= 15 is 0 Å². The number of aliphatic hydroxyl groups is 1. The van der Waals surface area contributed by atoms with Crippen LogP contribution in [0.4, 0.5) is 11.4 Å². The molecule has 1 aliphatic heterocycles. The molecule has 0 spiro atoms. The Morgan fingerprint density at radius 1 is 1.50 bits per heavy atom. The summed E-state index contributed by atoms with van der Waals surface area (Å²) in [6.45, 7) is 1.81. The lowest BCUT2D eigenvalue weighted by molar-refractivity contribution is 0.263. The van der Waals surface area contributed by atoms with E-state index in [0.29, 0.717) is 11.6 Å². The molecule has 2 rings (SSSR count). The van der Waals surface area contributed by atoms with E-state index in [1.165, 1.54) is 13.1 Å². The van der Waals surface area contributed by atoms with Gasteiger partial charge >= 0.3 is 0 Å². The lowest BCUT2D eigenvalue weighted by atomic mass is 10.1. The first-order valence-corrected chi connectivity index (χ1v) is 8.15. The van der Waals surface area contributed by atoms with Crippen LogP contribution in [0.1, 0.15) is 12.8 Å². The van der Waals surface area contributed by atoms with Crippen molar-refractivity contribution in [2.75, 3.05) is 37.4 Å². The third kappa shape index (κ3) is 3.05. The number of anilines is 2. The first kappa shape index (κ1) is 15.1. The second-order valence-electron chi connectivity index (χ2n) is 5.04. The number of hydrogen-bond acceptors (Lipinski definition) is 5. The Morgan fingerprint density at radius 3 is 2.90 bits per heavy atom. The number of rotatable bonds is 5. The number of benzene rings is 1. The Morgan fingerprint density at radius 2 is 2.25 bits per heavy atom. The summed E-state index contributed by atoms with van der Waals surface area (Å²) in [6, 6.07) is 4.74. The van der Waals surface area contributed by atoms with Crippen LogP contribution in [0.3, 0.4) is 0 Å². The van der Waals surface area contributed by atoms with Crippen LogP contribution in [0.15, 0.2) is 23.1 Å². The van der Waals surface area contributed by atoms with Gasteiger partial charge < -0.3 is 15.7 Å². The first-order valence-electron chi connectivity index (χ1n) is 6.67. The van der Waals surface area contributed by atoms with Crippen LogP contribution >= 0.6 is 0 Å². The zero-order valence-electron chi connectivity index (χ0n) is 11.5. The fourth-order valence-electron chi connectivity index (χ4n) is 2.55. The summed E-state index contributed by atoms with van der Waals surface area (Å²) in [4.78, 5) is 2.31. The Kier molecular flexibility index (Phi) is 4.52. The van der Waals surface area contributed by atoms with Crippen molar-refractivity contribution in [3.05, 3.63) is 18.2 Å². The van der Waals surface area contributed by atoms with E-state index in [0.717, 1.165) is 31.6 Å². The standard InChI is InChI=1S/C13H21N3O3S/c1-15-20(18,19)11-2-3-12(14)13(8-11)16-6-4-10(9-16)5-7-17/h2-3,8,10,15,17H,4-7,9,14H2,1H3. The van der Waals surface area contributed by atoms with Crippen LogP contribution in [0.5, 0.6) is 0 Å². The van der Waals surface area contributed by atoms with Crippen LogP contribution in [0.2, 0.25) is 0 Å². The predicted octanol–water partition coefficient (Wildman–Crippen LogP) is 0.386. The molecule has 0 aromatic heterocycles. The van der Waals surface area contributed by atoms with Crippen LogP contribution in [-0.2, 0) is 10.0 Å². The van der Waals surface area contributed by atoms with E-state index < -0.39 is 10.0 Å². The second-order valence-corrected chi connectivity index (χ2v) is 6.93. The highest BCUT2D eigenvalue weighted by Gasteiger charge is 2.24. The molecule has 1 aromatic rings. The van der Waals surface area contributed by atoms with E-state index in [4.69, 9.17) is 10.8 Å². The molecule has 0 radical (unpaired) electrons. The summed E-state index contributed by atoms with van der Waals surface area (Å²) in [5.41, 5.74) is 7.29. The molecule has 1 heterocycles. The molecule has 1 aromatic carbocycles. The molecular weight excluding hydrogens is 278 g/mol. The van der Waals surface area contributed by atoms with Gasteiger partial charge in [0.25, 0.3) is 0 Å². The minimum absolute atomic E-state index is 0.183. The van der Waals surface area contributed by atoms with Crippen LogP contribution in [0.25, 0.3) is 0 Å². The van der Waals surface area contributed by atoms with Gasteiger partial charge in [0.1, 0.15) is 0 Å². The zero-order chi connectivity index (χ0) is 14.8. The van der Waals surface area contributed by atoms with Gasteiger partial charge in [-0.05, 0) is 44.0 Å². The topological polar surface area (TPSA) is 95.7 Å². The highest BCUT2D eigenvalue weighted by molar-refractivity contribution is 7.89. The number of hydrogen-bond donors (Lipinski definition) is 3. The van der Waals surface area contributed by atoms with Gasteiger partial charge in [-0.25, -0.2) is 13.1 Å². The highest BCUT2D eigenvalue weighted by Crippen LogP contribution is 2.31. The van der Waals surface area contributed by atoms with Crippen molar-refractivity contribution >= 4 is 21.4 Å². The predicted molar refractivity (Wildman–Crippen MR) is 79.1 cm³/mol. The van der Waals surface area contributed by atoms with Crippen LogP contribution in [0, 0.1) is 5.92 Å². The number of sulfonamides is 1. The van der Waals surface area contributed by atoms with Gasteiger partial charge in [-0.3, -0.25) is 0 Å². The fourth-order valence-corrected chi connectivity index (χ4v) is 3.30. The quantitative estimate of drug-likeness (QED) is 0.683. The van der Waals surface area contributed by atoms with Gasteiger partial charge in [-0.1, -0.05) is 0 Å². The Hall–Kier alpha value is -1.31. The Bertz CT molecular complexity index is 574. The number of nitrogen functional groups attached to an aromatic ring is 1. The SMILES string of the molecule is CNS(=O)(=O)c1ccc(N)c(N2CCC(CCO)C2)c1. The zero-order valence-corrected chi connectivity index (χ0v) is 12.4. The molecule has 1 fully saturated rings. The number of nitrogens with one attached hydrogen (secondary N) is 1. The Balaban J connectivity index is 2.26. The summed E-state index contributed by atoms with van der Waals surface area (Å²) in [5.74, 6) is 0.434. The lowest BCUT2D eigenvalue weighted by Gasteiger charge is -2.21. The van der Waals surface area contributed by atoms with Gasteiger partial charge in [-0.15, -0.1) is 0 Å². The number of nitrogens with zero attached hydrogens (tertiary/aromatic N) is 1. The monoisotopic (exact) mass is 299 g/mol. The molecule has 0 aliphatic carbocycles. The average molecular weight is 299 g/mol. The summed E-state index contributed by atoms with van der Waals surface area (Å²) in [7, 11) is -2.08. The number of aliphatic hydroxyl groups excluding tert-OH is 1. The molecule has 20 heavy (non-hydrogen) atoms. The van der Waals surface area contributed by atoms with Crippen molar-refractivity contribution in [2.24, 2.45) is 5.92 Å². The minimum atomic E-state index is -3.46. The maximum Gasteiger partial charge on any atom is 0.240 e. The van der Waals surface area contributed by atoms with Crippen LogP contribution < -0.4 is 15.4 Å². The molecule has 1 aliphatic rings. The molecule has 1 atom stereocenters. The molecule has 112 valence electrons.